The van der Waals surface area contributed by atoms with Gasteiger partial charge in [0.25, 0.3) is 5.56 Å². The quantitative estimate of drug-likeness (QED) is 0.882. The summed E-state index contributed by atoms with van der Waals surface area (Å²) in [6, 6.07) is 2.12. The van der Waals surface area contributed by atoms with Crippen LogP contribution in [-0.4, -0.2) is 25.6 Å². The van der Waals surface area contributed by atoms with E-state index in [-0.39, 0.29) is 5.56 Å². The molecule has 0 aromatic carbocycles. The first-order chi connectivity index (χ1) is 10.3. The van der Waals surface area contributed by atoms with Crippen LogP contribution in [0.2, 0.25) is 0 Å². The Morgan fingerprint density at radius 2 is 2.05 bits per heavy atom. The molecule has 0 aliphatic rings. The Morgan fingerprint density at radius 3 is 2.55 bits per heavy atom. The summed E-state index contributed by atoms with van der Waals surface area (Å²) >= 11 is 0. The molecule has 0 radical (unpaired) electrons. The van der Waals surface area contributed by atoms with Crippen molar-refractivity contribution in [3.8, 4) is 11.1 Å². The lowest BCUT2D eigenvalue weighted by Crippen LogP contribution is -2.44. The Kier molecular flexibility index (Phi) is 4.25. The molecule has 0 amide bonds. The molecule has 0 spiro atoms. The second-order valence-corrected chi connectivity index (χ2v) is 5.37. The number of aliphatic carboxylic acids is 1. The number of carbonyl (C=O) groups is 1. The third kappa shape index (κ3) is 2.69. The van der Waals surface area contributed by atoms with Gasteiger partial charge in [-0.1, -0.05) is 19.9 Å². The largest absolute Gasteiger partial charge is 0.480 e. The highest BCUT2D eigenvalue weighted by Gasteiger charge is 2.28. The van der Waals surface area contributed by atoms with Crippen LogP contribution in [0, 0.1) is 12.8 Å². The van der Waals surface area contributed by atoms with E-state index < -0.39 is 29.2 Å². The maximum atomic E-state index is 12.7. The van der Waals surface area contributed by atoms with E-state index in [1.807, 2.05) is 0 Å². The average molecular weight is 303 g/mol. The highest BCUT2D eigenvalue weighted by molar-refractivity contribution is 5.72. The molecule has 0 aliphatic heterocycles. The molecule has 2 aromatic heterocycles. The van der Waals surface area contributed by atoms with E-state index in [2.05, 4.69) is 9.97 Å². The SMILES string of the molecule is Cc1[nH]c(=O)n(C(C(=O)O)C(C)C)c(=O)c1-c1cccnc1. The number of hydrogen-bond acceptors (Lipinski definition) is 4. The number of carboxylic acid groups (broad SMARTS) is 1. The predicted molar refractivity (Wildman–Crippen MR) is 80.8 cm³/mol. The van der Waals surface area contributed by atoms with Crippen molar-refractivity contribution >= 4 is 5.97 Å². The zero-order chi connectivity index (χ0) is 16.4. The van der Waals surface area contributed by atoms with E-state index in [1.54, 1.807) is 39.1 Å². The Morgan fingerprint density at radius 1 is 1.36 bits per heavy atom. The Labute approximate surface area is 126 Å². The van der Waals surface area contributed by atoms with Gasteiger partial charge in [-0.05, 0) is 18.9 Å². The zero-order valence-electron chi connectivity index (χ0n) is 12.5. The van der Waals surface area contributed by atoms with Crippen LogP contribution in [0.4, 0.5) is 0 Å². The molecule has 116 valence electrons. The summed E-state index contributed by atoms with van der Waals surface area (Å²) in [6.07, 6.45) is 3.06. The number of H-pyrrole nitrogens is 1. The smallest absolute Gasteiger partial charge is 0.329 e. The minimum atomic E-state index is -1.23. The maximum absolute atomic E-state index is 12.7. The van der Waals surface area contributed by atoms with Crippen LogP contribution in [0.3, 0.4) is 0 Å². The zero-order valence-corrected chi connectivity index (χ0v) is 12.5. The summed E-state index contributed by atoms with van der Waals surface area (Å²) in [7, 11) is 0. The van der Waals surface area contributed by atoms with Gasteiger partial charge in [0.15, 0.2) is 0 Å². The fourth-order valence-electron chi connectivity index (χ4n) is 2.45. The lowest BCUT2D eigenvalue weighted by Gasteiger charge is -2.19. The summed E-state index contributed by atoms with van der Waals surface area (Å²) in [5.74, 6) is -1.63. The molecular formula is C15H17N3O4. The Bertz CT molecular complexity index is 806. The normalized spacial score (nSPS) is 12.4. The number of pyridine rings is 1. The first-order valence-electron chi connectivity index (χ1n) is 6.83. The fraction of sp³-hybridized carbons (Fsp3) is 0.333. The van der Waals surface area contributed by atoms with Crippen molar-refractivity contribution < 1.29 is 9.90 Å². The lowest BCUT2D eigenvalue weighted by molar-refractivity contribution is -0.142. The monoisotopic (exact) mass is 303 g/mol. The molecule has 1 atom stereocenters. The number of carboxylic acids is 1. The van der Waals surface area contributed by atoms with E-state index in [1.165, 1.54) is 6.20 Å². The third-order valence-corrected chi connectivity index (χ3v) is 3.43. The maximum Gasteiger partial charge on any atom is 0.329 e. The molecule has 7 nitrogen and oxygen atoms in total. The molecule has 2 heterocycles. The molecule has 0 saturated carbocycles. The third-order valence-electron chi connectivity index (χ3n) is 3.43. The van der Waals surface area contributed by atoms with Crippen LogP contribution in [0.5, 0.6) is 0 Å². The predicted octanol–water partition coefficient (Wildman–Crippen LogP) is 1.19. The van der Waals surface area contributed by atoms with Crippen molar-refractivity contribution in [2.75, 3.05) is 0 Å². The summed E-state index contributed by atoms with van der Waals surface area (Å²) in [5.41, 5.74) is -0.193. The van der Waals surface area contributed by atoms with Gasteiger partial charge in [0.2, 0.25) is 0 Å². The van der Waals surface area contributed by atoms with Crippen LogP contribution >= 0.6 is 0 Å². The van der Waals surface area contributed by atoms with E-state index in [9.17, 15) is 19.5 Å². The van der Waals surface area contributed by atoms with E-state index in [0.29, 0.717) is 11.3 Å². The second kappa shape index (κ2) is 5.97. The van der Waals surface area contributed by atoms with Gasteiger partial charge in [0.1, 0.15) is 6.04 Å². The number of aromatic nitrogens is 3. The average Bonchev–Trinajstić information content (AvgIpc) is 2.43. The molecule has 2 aromatic rings. The molecular weight excluding hydrogens is 286 g/mol. The van der Waals surface area contributed by atoms with Crippen molar-refractivity contribution in [2.45, 2.75) is 26.8 Å². The number of nitrogens with one attached hydrogen (secondary N) is 1. The summed E-state index contributed by atoms with van der Waals surface area (Å²) in [4.78, 5) is 42.8. The highest BCUT2D eigenvalue weighted by Crippen LogP contribution is 2.19. The van der Waals surface area contributed by atoms with Crippen molar-refractivity contribution in [1.82, 2.24) is 14.5 Å². The summed E-state index contributed by atoms with van der Waals surface area (Å²) < 4.78 is 0.766. The van der Waals surface area contributed by atoms with Crippen molar-refractivity contribution in [2.24, 2.45) is 5.92 Å². The number of rotatable bonds is 4. The summed E-state index contributed by atoms with van der Waals surface area (Å²) in [6.45, 7) is 4.89. The first kappa shape index (κ1) is 15.7. The van der Waals surface area contributed by atoms with Crippen LogP contribution in [0.1, 0.15) is 25.6 Å². The van der Waals surface area contributed by atoms with E-state index in [0.717, 1.165) is 4.57 Å². The van der Waals surface area contributed by atoms with E-state index >= 15 is 0 Å². The molecule has 0 saturated heterocycles. The second-order valence-electron chi connectivity index (χ2n) is 5.37. The van der Waals surface area contributed by atoms with Crippen LogP contribution in [-0.2, 0) is 4.79 Å². The first-order valence-corrected chi connectivity index (χ1v) is 6.83. The molecule has 1 unspecified atom stereocenters. The van der Waals surface area contributed by atoms with Crippen LogP contribution < -0.4 is 11.2 Å². The van der Waals surface area contributed by atoms with Gasteiger partial charge in [0, 0.05) is 23.7 Å². The van der Waals surface area contributed by atoms with Gasteiger partial charge >= 0.3 is 11.7 Å². The van der Waals surface area contributed by atoms with Crippen molar-refractivity contribution in [3.05, 3.63) is 51.1 Å². The number of aromatic amines is 1. The number of aryl methyl sites for hydroxylation is 1. The Balaban J connectivity index is 2.81. The van der Waals surface area contributed by atoms with Gasteiger partial charge in [-0.3, -0.25) is 9.78 Å². The van der Waals surface area contributed by atoms with Crippen molar-refractivity contribution in [3.63, 3.8) is 0 Å². The van der Waals surface area contributed by atoms with Gasteiger partial charge < -0.3 is 10.1 Å². The van der Waals surface area contributed by atoms with Crippen LogP contribution in [0.25, 0.3) is 11.1 Å². The molecule has 2 rings (SSSR count). The Hall–Kier alpha value is -2.70. The van der Waals surface area contributed by atoms with E-state index in [4.69, 9.17) is 0 Å². The van der Waals surface area contributed by atoms with Gasteiger partial charge in [-0.2, -0.15) is 0 Å². The molecule has 2 N–H and O–H groups in total. The van der Waals surface area contributed by atoms with Crippen molar-refractivity contribution in [1.29, 1.82) is 0 Å². The van der Waals surface area contributed by atoms with Gasteiger partial charge in [-0.25, -0.2) is 14.2 Å². The fourth-order valence-corrected chi connectivity index (χ4v) is 2.45. The molecule has 0 bridgehead atoms. The van der Waals surface area contributed by atoms with Gasteiger partial charge in [-0.15, -0.1) is 0 Å². The summed E-state index contributed by atoms with van der Waals surface area (Å²) in [5, 5.41) is 9.35. The number of hydrogen-bond donors (Lipinski definition) is 2. The standard InChI is InChI=1S/C15H17N3O4/c1-8(2)12(14(20)21)18-13(19)11(9(3)17-15(18)22)10-5-4-6-16-7-10/h4-8,12H,1-3H3,(H,17,22)(H,20,21). The molecule has 0 aliphatic carbocycles. The highest BCUT2D eigenvalue weighted by atomic mass is 16.4. The van der Waals surface area contributed by atoms with Crippen LogP contribution in [0.15, 0.2) is 34.1 Å². The minimum Gasteiger partial charge on any atom is -0.480 e. The lowest BCUT2D eigenvalue weighted by atomic mass is 10.0. The molecule has 0 fully saturated rings. The van der Waals surface area contributed by atoms with Gasteiger partial charge in [0.05, 0.1) is 5.56 Å². The molecule has 22 heavy (non-hydrogen) atoms. The number of nitrogens with zero attached hydrogens (tertiary/aromatic N) is 2. The minimum absolute atomic E-state index is 0.250. The topological polar surface area (TPSA) is 105 Å². The molecule has 7 heteroatoms.